The lowest BCUT2D eigenvalue weighted by Gasteiger charge is -2.13. The third kappa shape index (κ3) is 3.51. The number of hydrogen-bond acceptors (Lipinski definition) is 6. The van der Waals surface area contributed by atoms with Gasteiger partial charge in [0.1, 0.15) is 11.7 Å². The number of aromatic nitrogens is 3. The van der Waals surface area contributed by atoms with Crippen molar-refractivity contribution < 1.29 is 18.7 Å². The number of carbonyl (C=O) groups excluding carboxylic acids is 1. The molecule has 1 saturated carbocycles. The van der Waals surface area contributed by atoms with E-state index in [1.54, 1.807) is 24.0 Å². The Morgan fingerprint density at radius 3 is 2.72 bits per heavy atom. The summed E-state index contributed by atoms with van der Waals surface area (Å²) in [7, 11) is 0. The maximum Gasteiger partial charge on any atom is 0.260 e. The number of nitrogens with zero attached hydrogens (tertiary/aromatic N) is 3. The Kier molecular flexibility index (Phi) is 4.90. The number of carbonyl (C=O) groups is 1. The van der Waals surface area contributed by atoms with Crippen LogP contribution < -0.4 is 5.32 Å². The molecule has 2 atom stereocenters. The van der Waals surface area contributed by atoms with Crippen LogP contribution in [-0.2, 0) is 4.79 Å². The van der Waals surface area contributed by atoms with E-state index in [1.807, 2.05) is 26.0 Å². The van der Waals surface area contributed by atoms with Gasteiger partial charge in [0.05, 0.1) is 27.5 Å². The van der Waals surface area contributed by atoms with Crippen molar-refractivity contribution in [3.63, 3.8) is 0 Å². The van der Waals surface area contributed by atoms with Crippen LogP contribution in [0.1, 0.15) is 37.1 Å². The second-order valence-corrected chi connectivity index (χ2v) is 8.95. The molecule has 1 unspecified atom stereocenters. The summed E-state index contributed by atoms with van der Waals surface area (Å²) in [4.78, 5) is 25.3. The Bertz CT molecular complexity index is 1370. The standard InChI is InChI=1S/C23H20F2N4O2S/c1-3-18(30)17-4-11(2)15(9-26-17)14-5-12-8-27-19(29-22(31)16-7-23(16,24)25)6-13(12)21-20(14)28-10-32-21/h4-6,8-10,16,18,30H,3,7H2,1-2H3,(H,27,29,31)/t16?,18-/m1/s1. The van der Waals surface area contributed by atoms with Gasteiger partial charge in [0.15, 0.2) is 0 Å². The first-order chi connectivity index (χ1) is 15.3. The minimum atomic E-state index is -2.92. The number of fused-ring (bicyclic) bond motifs is 3. The van der Waals surface area contributed by atoms with Gasteiger partial charge >= 0.3 is 0 Å². The smallest absolute Gasteiger partial charge is 0.260 e. The monoisotopic (exact) mass is 454 g/mol. The van der Waals surface area contributed by atoms with Crippen LogP contribution in [0.4, 0.5) is 14.6 Å². The number of pyridine rings is 2. The summed E-state index contributed by atoms with van der Waals surface area (Å²) in [5.41, 5.74) is 5.93. The second kappa shape index (κ2) is 7.53. The molecule has 32 heavy (non-hydrogen) atoms. The van der Waals surface area contributed by atoms with E-state index in [2.05, 4.69) is 20.3 Å². The van der Waals surface area contributed by atoms with Gasteiger partial charge in [0.2, 0.25) is 5.91 Å². The zero-order valence-corrected chi connectivity index (χ0v) is 18.2. The van der Waals surface area contributed by atoms with E-state index >= 15 is 0 Å². The van der Waals surface area contributed by atoms with Gasteiger partial charge in [-0.25, -0.2) is 18.7 Å². The van der Waals surface area contributed by atoms with Gasteiger partial charge in [-0.05, 0) is 37.1 Å². The zero-order chi connectivity index (χ0) is 22.6. The average molecular weight is 455 g/mol. The van der Waals surface area contributed by atoms with Crippen LogP contribution in [0.25, 0.3) is 32.1 Å². The molecule has 0 aliphatic heterocycles. The molecular weight excluding hydrogens is 434 g/mol. The maximum atomic E-state index is 13.2. The van der Waals surface area contributed by atoms with Crippen molar-refractivity contribution in [3.8, 4) is 11.1 Å². The molecule has 0 spiro atoms. The summed E-state index contributed by atoms with van der Waals surface area (Å²) in [5, 5.41) is 14.3. The molecule has 1 fully saturated rings. The number of rotatable bonds is 5. The lowest BCUT2D eigenvalue weighted by molar-refractivity contribution is -0.119. The predicted octanol–water partition coefficient (Wildman–Crippen LogP) is 5.25. The van der Waals surface area contributed by atoms with E-state index in [9.17, 15) is 18.7 Å². The Morgan fingerprint density at radius 2 is 2.03 bits per heavy atom. The molecule has 1 aromatic carbocycles. The number of amides is 1. The fourth-order valence-electron chi connectivity index (χ4n) is 3.87. The summed E-state index contributed by atoms with van der Waals surface area (Å²) < 4.78 is 27.3. The first-order valence-electron chi connectivity index (χ1n) is 10.3. The summed E-state index contributed by atoms with van der Waals surface area (Å²) in [6.07, 6.45) is 2.93. The molecule has 1 aliphatic carbocycles. The number of alkyl halides is 2. The molecular formula is C23H20F2N4O2S. The van der Waals surface area contributed by atoms with Crippen molar-refractivity contribution in [2.24, 2.45) is 5.92 Å². The minimum absolute atomic E-state index is 0.239. The minimum Gasteiger partial charge on any atom is -0.387 e. The van der Waals surface area contributed by atoms with Crippen LogP contribution >= 0.6 is 11.3 Å². The number of aliphatic hydroxyl groups excluding tert-OH is 1. The Hall–Kier alpha value is -3.04. The second-order valence-electron chi connectivity index (χ2n) is 8.10. The largest absolute Gasteiger partial charge is 0.387 e. The maximum absolute atomic E-state index is 13.2. The normalized spacial score (nSPS) is 18.1. The van der Waals surface area contributed by atoms with Crippen molar-refractivity contribution >= 4 is 44.1 Å². The lowest BCUT2D eigenvalue weighted by atomic mass is 9.97. The number of thiazole rings is 1. The van der Waals surface area contributed by atoms with Crippen LogP contribution in [0.5, 0.6) is 0 Å². The quantitative estimate of drug-likeness (QED) is 0.430. The number of halogens is 2. The van der Waals surface area contributed by atoms with Gasteiger partial charge in [-0.3, -0.25) is 9.78 Å². The van der Waals surface area contributed by atoms with Crippen molar-refractivity contribution in [1.29, 1.82) is 0 Å². The third-order valence-electron chi connectivity index (χ3n) is 5.85. The molecule has 5 rings (SSSR count). The van der Waals surface area contributed by atoms with Gasteiger partial charge < -0.3 is 10.4 Å². The molecule has 9 heteroatoms. The third-order valence-corrected chi connectivity index (χ3v) is 6.71. The molecule has 0 radical (unpaired) electrons. The number of hydrogen-bond donors (Lipinski definition) is 2. The molecule has 2 N–H and O–H groups in total. The van der Waals surface area contributed by atoms with Gasteiger partial charge in [-0.2, -0.15) is 0 Å². The summed E-state index contributed by atoms with van der Waals surface area (Å²) in [6.45, 7) is 3.87. The summed E-state index contributed by atoms with van der Waals surface area (Å²) in [5.74, 6) is -4.68. The highest BCUT2D eigenvalue weighted by atomic mass is 32.1. The number of anilines is 1. The molecule has 164 valence electrons. The molecule has 1 amide bonds. The first kappa shape index (κ1) is 20.8. The van der Waals surface area contributed by atoms with Crippen LogP contribution in [-0.4, -0.2) is 31.9 Å². The fourth-order valence-corrected chi connectivity index (χ4v) is 4.71. The zero-order valence-electron chi connectivity index (χ0n) is 17.4. The van der Waals surface area contributed by atoms with Crippen molar-refractivity contribution in [3.05, 3.63) is 47.4 Å². The predicted molar refractivity (Wildman–Crippen MR) is 120 cm³/mol. The van der Waals surface area contributed by atoms with Crippen molar-refractivity contribution in [2.75, 3.05) is 5.32 Å². The van der Waals surface area contributed by atoms with E-state index in [-0.39, 0.29) is 5.82 Å². The summed E-state index contributed by atoms with van der Waals surface area (Å²) in [6, 6.07) is 5.55. The molecule has 1 aliphatic rings. The lowest BCUT2D eigenvalue weighted by Crippen LogP contribution is -2.18. The first-order valence-corrected chi connectivity index (χ1v) is 11.2. The van der Waals surface area contributed by atoms with Crippen LogP contribution in [0.2, 0.25) is 0 Å². The Balaban J connectivity index is 1.56. The van der Waals surface area contributed by atoms with E-state index in [1.165, 1.54) is 11.3 Å². The van der Waals surface area contributed by atoms with E-state index < -0.39 is 30.3 Å². The van der Waals surface area contributed by atoms with Gasteiger partial charge in [-0.15, -0.1) is 11.3 Å². The number of benzene rings is 1. The number of aryl methyl sites for hydroxylation is 1. The SMILES string of the molecule is CC[C@@H](O)c1cc(C)c(-c2cc3cnc(NC(=O)C4CC4(F)F)cc3c3scnc23)cn1. The van der Waals surface area contributed by atoms with Crippen molar-refractivity contribution in [1.82, 2.24) is 15.0 Å². The highest BCUT2D eigenvalue weighted by Crippen LogP contribution is 2.49. The molecule has 4 aromatic rings. The topological polar surface area (TPSA) is 88.0 Å². The van der Waals surface area contributed by atoms with E-state index in [4.69, 9.17) is 0 Å². The Labute approximate surface area is 186 Å². The van der Waals surface area contributed by atoms with Crippen LogP contribution in [0, 0.1) is 12.8 Å². The van der Waals surface area contributed by atoms with E-state index in [0.717, 1.165) is 37.7 Å². The van der Waals surface area contributed by atoms with Crippen molar-refractivity contribution in [2.45, 2.75) is 38.7 Å². The molecule has 0 bridgehead atoms. The fraction of sp³-hybridized carbons (Fsp3) is 0.304. The number of nitrogens with one attached hydrogen (secondary N) is 1. The van der Waals surface area contributed by atoms with Crippen LogP contribution in [0.3, 0.4) is 0 Å². The van der Waals surface area contributed by atoms with Gasteiger partial charge in [-0.1, -0.05) is 6.92 Å². The Morgan fingerprint density at radius 1 is 1.25 bits per heavy atom. The van der Waals surface area contributed by atoms with Gasteiger partial charge in [0.25, 0.3) is 5.92 Å². The highest BCUT2D eigenvalue weighted by Gasteiger charge is 2.61. The summed E-state index contributed by atoms with van der Waals surface area (Å²) >= 11 is 1.46. The number of aliphatic hydroxyl groups is 1. The van der Waals surface area contributed by atoms with Gasteiger partial charge in [0, 0.05) is 40.7 Å². The molecule has 3 aromatic heterocycles. The molecule has 3 heterocycles. The average Bonchev–Trinajstić information content (AvgIpc) is 3.18. The van der Waals surface area contributed by atoms with Crippen LogP contribution in [0.15, 0.2) is 36.1 Å². The molecule has 6 nitrogen and oxygen atoms in total. The van der Waals surface area contributed by atoms with E-state index in [0.29, 0.717) is 12.1 Å². The highest BCUT2D eigenvalue weighted by molar-refractivity contribution is 7.17. The molecule has 0 saturated heterocycles.